The van der Waals surface area contributed by atoms with E-state index in [0.29, 0.717) is 39.8 Å². The third-order valence-electron chi connectivity index (χ3n) is 5.03. The Morgan fingerprint density at radius 2 is 2.20 bits per heavy atom. The van der Waals surface area contributed by atoms with Crippen LogP contribution >= 0.6 is 22.9 Å². The van der Waals surface area contributed by atoms with Crippen LogP contribution in [0, 0.1) is 6.92 Å². The lowest BCUT2D eigenvalue weighted by atomic mass is 10.0. The van der Waals surface area contributed by atoms with Crippen molar-refractivity contribution in [1.29, 1.82) is 0 Å². The number of nitrogens with zero attached hydrogens (tertiary/aromatic N) is 1. The second kappa shape index (κ2) is 8.08. The number of primary amides is 1. The predicted octanol–water partition coefficient (Wildman–Crippen LogP) is 4.57. The van der Waals surface area contributed by atoms with Gasteiger partial charge in [0.05, 0.1) is 21.9 Å². The molecule has 30 heavy (non-hydrogen) atoms. The topological polar surface area (TPSA) is 98.1 Å². The minimum Gasteiger partial charge on any atom is -0.488 e. The summed E-state index contributed by atoms with van der Waals surface area (Å²) < 4.78 is 6.04. The highest BCUT2D eigenvalue weighted by molar-refractivity contribution is 7.17. The van der Waals surface area contributed by atoms with Crippen molar-refractivity contribution in [2.24, 2.45) is 5.73 Å². The highest BCUT2D eigenvalue weighted by Crippen LogP contribution is 2.42. The summed E-state index contributed by atoms with van der Waals surface area (Å²) in [7, 11) is 0. The van der Waals surface area contributed by atoms with Gasteiger partial charge >= 0.3 is 0 Å². The number of aromatic nitrogens is 2. The molecule has 154 valence electrons. The second-order valence-electron chi connectivity index (χ2n) is 7.26. The number of carbonyl (C=O) groups excluding carboxylic acids is 2. The zero-order chi connectivity index (χ0) is 21.4. The maximum absolute atomic E-state index is 12.0. The quantitative estimate of drug-likeness (QED) is 0.432. The van der Waals surface area contributed by atoms with Gasteiger partial charge in [-0.05, 0) is 49.8 Å². The van der Waals surface area contributed by atoms with Gasteiger partial charge in [-0.1, -0.05) is 11.6 Å². The van der Waals surface area contributed by atoms with Crippen molar-refractivity contribution in [2.75, 3.05) is 0 Å². The first kappa shape index (κ1) is 20.4. The van der Waals surface area contributed by atoms with Gasteiger partial charge < -0.3 is 15.5 Å². The molecule has 1 aliphatic heterocycles. The van der Waals surface area contributed by atoms with E-state index in [-0.39, 0.29) is 11.9 Å². The fourth-order valence-corrected chi connectivity index (χ4v) is 4.65. The van der Waals surface area contributed by atoms with Gasteiger partial charge in [-0.25, -0.2) is 4.98 Å². The summed E-state index contributed by atoms with van der Waals surface area (Å²) >= 11 is 7.92. The van der Waals surface area contributed by atoms with Crippen molar-refractivity contribution in [3.8, 4) is 16.2 Å². The average molecular weight is 442 g/mol. The van der Waals surface area contributed by atoms with Gasteiger partial charge in [0, 0.05) is 34.5 Å². The molecule has 1 aromatic carbocycles. The third-order valence-corrected chi connectivity index (χ3v) is 6.55. The zero-order valence-electron chi connectivity index (χ0n) is 16.5. The molecule has 0 radical (unpaired) electrons. The fourth-order valence-electron chi connectivity index (χ4n) is 3.48. The molecule has 1 unspecified atom stereocenters. The molecule has 4 rings (SSSR count). The maximum Gasteiger partial charge on any atom is 0.244 e. The Labute approximate surface area is 182 Å². The van der Waals surface area contributed by atoms with Crippen LogP contribution in [0.1, 0.15) is 40.0 Å². The van der Waals surface area contributed by atoms with Gasteiger partial charge in [0.15, 0.2) is 5.78 Å². The Morgan fingerprint density at radius 1 is 1.40 bits per heavy atom. The monoisotopic (exact) mass is 441 g/mol. The molecule has 0 spiro atoms. The Kier molecular flexibility index (Phi) is 5.49. The summed E-state index contributed by atoms with van der Waals surface area (Å²) in [6.45, 7) is 3.43. The molecule has 3 aromatic rings. The number of aromatic amines is 1. The minimum absolute atomic E-state index is 0.0415. The van der Waals surface area contributed by atoms with E-state index in [9.17, 15) is 9.59 Å². The van der Waals surface area contributed by atoms with Crippen LogP contribution in [0.25, 0.3) is 16.5 Å². The van der Waals surface area contributed by atoms with Crippen molar-refractivity contribution >= 4 is 40.7 Å². The van der Waals surface area contributed by atoms with E-state index in [1.54, 1.807) is 19.3 Å². The summed E-state index contributed by atoms with van der Waals surface area (Å²) in [6.07, 6.45) is 3.99. The lowest BCUT2D eigenvalue weighted by Crippen LogP contribution is -2.21. The van der Waals surface area contributed by atoms with E-state index < -0.39 is 5.91 Å². The van der Waals surface area contributed by atoms with E-state index in [4.69, 9.17) is 22.1 Å². The smallest absolute Gasteiger partial charge is 0.244 e. The molecule has 8 heteroatoms. The highest BCUT2D eigenvalue weighted by Gasteiger charge is 2.28. The maximum atomic E-state index is 12.0. The lowest BCUT2D eigenvalue weighted by molar-refractivity contribution is -0.114. The van der Waals surface area contributed by atoms with Crippen molar-refractivity contribution in [2.45, 2.75) is 32.8 Å². The number of ketones is 1. The number of ether oxygens (including phenoxy) is 1. The molecule has 3 heterocycles. The SMILES string of the molecule is CC(=O)c1ccc(-c2cc(Cl)c3c(c2)CC(C/C(=C\c2nc[nH]c2C)C(N)=O)O3)s1. The number of rotatable bonds is 6. The molecular weight excluding hydrogens is 422 g/mol. The van der Waals surface area contributed by atoms with Crippen LogP contribution in [-0.4, -0.2) is 27.8 Å². The fraction of sp³-hybridized carbons (Fsp3) is 0.227. The number of imidazole rings is 1. The number of hydrogen-bond donors (Lipinski definition) is 2. The summed E-state index contributed by atoms with van der Waals surface area (Å²) in [6, 6.07) is 7.62. The number of hydrogen-bond acceptors (Lipinski definition) is 5. The van der Waals surface area contributed by atoms with Gasteiger partial charge in [-0.15, -0.1) is 11.3 Å². The van der Waals surface area contributed by atoms with Gasteiger partial charge in [-0.2, -0.15) is 0 Å². The molecule has 2 aromatic heterocycles. The number of H-pyrrole nitrogens is 1. The van der Waals surface area contributed by atoms with E-state index in [1.165, 1.54) is 11.3 Å². The minimum atomic E-state index is -0.501. The van der Waals surface area contributed by atoms with Crippen molar-refractivity contribution < 1.29 is 14.3 Å². The van der Waals surface area contributed by atoms with Gasteiger partial charge in [-0.3, -0.25) is 9.59 Å². The summed E-state index contributed by atoms with van der Waals surface area (Å²) in [5.41, 5.74) is 9.49. The Hall–Kier alpha value is -2.90. The zero-order valence-corrected chi connectivity index (χ0v) is 18.1. The number of thiophene rings is 1. The number of aryl methyl sites for hydroxylation is 1. The van der Waals surface area contributed by atoms with E-state index in [1.807, 2.05) is 31.2 Å². The second-order valence-corrected chi connectivity index (χ2v) is 8.75. The first-order chi connectivity index (χ1) is 14.3. The Morgan fingerprint density at radius 3 is 2.83 bits per heavy atom. The van der Waals surface area contributed by atoms with E-state index in [2.05, 4.69) is 9.97 Å². The molecule has 1 aliphatic rings. The average Bonchev–Trinajstić information content (AvgIpc) is 3.41. The first-order valence-electron chi connectivity index (χ1n) is 9.42. The predicted molar refractivity (Wildman–Crippen MR) is 118 cm³/mol. The molecule has 0 aliphatic carbocycles. The number of carbonyl (C=O) groups is 2. The molecule has 0 saturated heterocycles. The summed E-state index contributed by atoms with van der Waals surface area (Å²) in [4.78, 5) is 32.4. The van der Waals surface area contributed by atoms with Crippen LogP contribution in [0.5, 0.6) is 5.75 Å². The van der Waals surface area contributed by atoms with Crippen LogP contribution in [0.3, 0.4) is 0 Å². The molecule has 1 atom stereocenters. The molecule has 0 fully saturated rings. The molecular formula is C22H20ClN3O3S. The van der Waals surface area contributed by atoms with Crippen LogP contribution in [0.4, 0.5) is 0 Å². The molecule has 0 bridgehead atoms. The van der Waals surface area contributed by atoms with Crippen molar-refractivity contribution in [3.05, 3.63) is 63.0 Å². The number of nitrogens with two attached hydrogens (primary N) is 1. The standard InChI is InChI=1S/C22H20ClN3O3S/c1-11-18(26-10-25-11)9-15(22(24)28)7-16-6-14-5-13(8-17(23)21(14)29-16)20-4-3-19(30-20)12(2)27/h3-5,8-10,16H,6-7H2,1-2H3,(H2,24,28)(H,25,26)/b15-9+. The Bertz CT molecular complexity index is 1180. The number of Topliss-reactive ketones (excluding diaryl/α,β-unsaturated/α-hetero) is 1. The third kappa shape index (κ3) is 4.04. The van der Waals surface area contributed by atoms with Gasteiger partial charge in [0.1, 0.15) is 11.9 Å². The summed E-state index contributed by atoms with van der Waals surface area (Å²) in [5.74, 6) is 0.174. The molecule has 3 N–H and O–H groups in total. The number of benzene rings is 1. The largest absolute Gasteiger partial charge is 0.488 e. The van der Waals surface area contributed by atoms with Gasteiger partial charge in [0.25, 0.3) is 0 Å². The molecule has 0 saturated carbocycles. The van der Waals surface area contributed by atoms with Crippen LogP contribution in [0.15, 0.2) is 36.2 Å². The molecule has 1 amide bonds. The van der Waals surface area contributed by atoms with Gasteiger partial charge in [0.2, 0.25) is 5.91 Å². The molecule has 6 nitrogen and oxygen atoms in total. The normalized spacial score (nSPS) is 15.7. The van der Waals surface area contributed by atoms with Crippen molar-refractivity contribution in [3.63, 3.8) is 0 Å². The van der Waals surface area contributed by atoms with Crippen molar-refractivity contribution in [1.82, 2.24) is 9.97 Å². The first-order valence-corrected chi connectivity index (χ1v) is 10.6. The highest BCUT2D eigenvalue weighted by atomic mass is 35.5. The Balaban J connectivity index is 1.57. The number of halogens is 1. The number of fused-ring (bicyclic) bond motifs is 1. The summed E-state index contributed by atoms with van der Waals surface area (Å²) in [5, 5.41) is 0.510. The van der Waals surface area contributed by atoms with Crippen LogP contribution in [-0.2, 0) is 11.2 Å². The van der Waals surface area contributed by atoms with E-state index >= 15 is 0 Å². The van der Waals surface area contributed by atoms with Crippen LogP contribution in [0.2, 0.25) is 5.02 Å². The lowest BCUT2D eigenvalue weighted by Gasteiger charge is -2.12. The van der Waals surface area contributed by atoms with E-state index in [0.717, 1.165) is 21.7 Å². The van der Waals surface area contributed by atoms with Crippen LogP contribution < -0.4 is 10.5 Å². The number of nitrogens with one attached hydrogen (secondary N) is 1. The number of amides is 1.